The third kappa shape index (κ3) is 4.49. The summed E-state index contributed by atoms with van der Waals surface area (Å²) >= 11 is 1.47. The molecular weight excluding hydrogens is 394 g/mol. The summed E-state index contributed by atoms with van der Waals surface area (Å²) in [4.78, 5) is 26.0. The number of esters is 1. The molecule has 0 bridgehead atoms. The molecule has 1 N–H and O–H groups in total. The molecule has 148 valence electrons. The summed E-state index contributed by atoms with van der Waals surface area (Å²) in [5, 5.41) is 17.4. The quantitative estimate of drug-likeness (QED) is 0.465. The number of furan rings is 1. The van der Waals surface area contributed by atoms with E-state index in [2.05, 4.69) is 20.7 Å². The number of hydrogen-bond acceptors (Lipinski definition) is 8. The van der Waals surface area contributed by atoms with Crippen LogP contribution in [0.2, 0.25) is 0 Å². The highest BCUT2D eigenvalue weighted by Gasteiger charge is 2.16. The van der Waals surface area contributed by atoms with Crippen LogP contribution in [0.5, 0.6) is 0 Å². The maximum atomic E-state index is 12.1. The van der Waals surface area contributed by atoms with Crippen molar-refractivity contribution in [3.05, 3.63) is 53.6 Å². The lowest BCUT2D eigenvalue weighted by molar-refractivity contribution is -0.149. The van der Waals surface area contributed by atoms with Gasteiger partial charge in [0.2, 0.25) is 5.82 Å². The van der Waals surface area contributed by atoms with E-state index in [1.807, 2.05) is 47.8 Å². The fraction of sp³-hybridized carbons (Fsp3) is 0.211. The van der Waals surface area contributed by atoms with Gasteiger partial charge in [0.15, 0.2) is 13.2 Å². The lowest BCUT2D eigenvalue weighted by atomic mass is 10.2. The molecule has 9 nitrogen and oxygen atoms in total. The van der Waals surface area contributed by atoms with Gasteiger partial charge in [0, 0.05) is 5.39 Å². The summed E-state index contributed by atoms with van der Waals surface area (Å²) in [6, 6.07) is 12.8. The van der Waals surface area contributed by atoms with Gasteiger partial charge in [-0.05, 0) is 35.7 Å². The molecule has 0 saturated heterocycles. The number of rotatable bonds is 7. The standard InChI is InChI=1S/C19H17N5O4S/c1-12(15-9-13-5-2-3-6-14(13)28-15)20-17(25)11-27-18(26)10-24-22-19(21-23-24)16-7-4-8-29-16/h2-9,12H,10-11H2,1H3,(H,20,25)/t12-/m1/s1. The fourth-order valence-electron chi connectivity index (χ4n) is 2.69. The Morgan fingerprint density at radius 1 is 1.28 bits per heavy atom. The first-order valence-corrected chi connectivity index (χ1v) is 9.71. The van der Waals surface area contributed by atoms with Crippen LogP contribution in [0.15, 0.2) is 52.3 Å². The number of amides is 1. The smallest absolute Gasteiger partial charge is 0.330 e. The fourth-order valence-corrected chi connectivity index (χ4v) is 3.34. The van der Waals surface area contributed by atoms with E-state index in [4.69, 9.17) is 9.15 Å². The molecule has 1 aromatic carbocycles. The van der Waals surface area contributed by atoms with Gasteiger partial charge in [-0.2, -0.15) is 4.80 Å². The predicted molar refractivity (Wildman–Crippen MR) is 105 cm³/mol. The Labute approximate surface area is 169 Å². The van der Waals surface area contributed by atoms with Crippen LogP contribution in [0, 0.1) is 0 Å². The summed E-state index contributed by atoms with van der Waals surface area (Å²) in [5.74, 6) is -0.00667. The molecule has 3 aromatic heterocycles. The van der Waals surface area contributed by atoms with Gasteiger partial charge in [0.1, 0.15) is 11.3 Å². The zero-order valence-electron chi connectivity index (χ0n) is 15.4. The number of ether oxygens (including phenoxy) is 1. The van der Waals surface area contributed by atoms with Gasteiger partial charge >= 0.3 is 5.97 Å². The molecule has 0 unspecified atom stereocenters. The predicted octanol–water partition coefficient (Wildman–Crippen LogP) is 2.57. The summed E-state index contributed by atoms with van der Waals surface area (Å²) in [6.45, 7) is 1.16. The molecule has 1 amide bonds. The van der Waals surface area contributed by atoms with Crippen molar-refractivity contribution in [1.82, 2.24) is 25.5 Å². The minimum absolute atomic E-state index is 0.231. The Morgan fingerprint density at radius 3 is 2.93 bits per heavy atom. The first-order valence-electron chi connectivity index (χ1n) is 8.83. The largest absolute Gasteiger partial charge is 0.459 e. The molecule has 4 rings (SSSR count). The van der Waals surface area contributed by atoms with E-state index in [9.17, 15) is 9.59 Å². The molecule has 29 heavy (non-hydrogen) atoms. The van der Waals surface area contributed by atoms with Gasteiger partial charge in [-0.1, -0.05) is 24.3 Å². The van der Waals surface area contributed by atoms with E-state index >= 15 is 0 Å². The van der Waals surface area contributed by atoms with E-state index in [1.54, 1.807) is 6.92 Å². The lowest BCUT2D eigenvalue weighted by Crippen LogP contribution is -2.31. The monoisotopic (exact) mass is 411 g/mol. The van der Waals surface area contributed by atoms with E-state index in [0.29, 0.717) is 11.6 Å². The number of tetrazole rings is 1. The number of thiophene rings is 1. The van der Waals surface area contributed by atoms with Gasteiger partial charge < -0.3 is 14.5 Å². The Kier molecular flexibility index (Phi) is 5.34. The summed E-state index contributed by atoms with van der Waals surface area (Å²) in [7, 11) is 0. The van der Waals surface area contributed by atoms with Gasteiger partial charge in [-0.3, -0.25) is 4.79 Å². The highest BCUT2D eigenvalue weighted by Crippen LogP contribution is 2.23. The number of hydrogen-bond donors (Lipinski definition) is 1. The molecule has 3 heterocycles. The maximum Gasteiger partial charge on any atom is 0.330 e. The van der Waals surface area contributed by atoms with Gasteiger partial charge in [-0.15, -0.1) is 21.5 Å². The Hall–Kier alpha value is -3.53. The molecule has 0 saturated carbocycles. The number of carbonyl (C=O) groups excluding carboxylic acids is 2. The highest BCUT2D eigenvalue weighted by molar-refractivity contribution is 7.13. The first kappa shape index (κ1) is 18.8. The number of carbonyl (C=O) groups is 2. The first-order chi connectivity index (χ1) is 14.1. The number of fused-ring (bicyclic) bond motifs is 1. The van der Waals surface area contributed by atoms with Gasteiger partial charge in [0.05, 0.1) is 10.9 Å². The van der Waals surface area contributed by atoms with Crippen LogP contribution in [0.3, 0.4) is 0 Å². The Balaban J connectivity index is 1.26. The van der Waals surface area contributed by atoms with Crippen molar-refractivity contribution in [2.24, 2.45) is 0 Å². The Morgan fingerprint density at radius 2 is 2.14 bits per heavy atom. The zero-order chi connectivity index (χ0) is 20.2. The summed E-state index contributed by atoms with van der Waals surface area (Å²) in [5.41, 5.74) is 0.747. The summed E-state index contributed by atoms with van der Waals surface area (Å²) in [6.07, 6.45) is 0. The zero-order valence-corrected chi connectivity index (χ0v) is 16.3. The topological polar surface area (TPSA) is 112 Å². The minimum atomic E-state index is -0.633. The van der Waals surface area contributed by atoms with E-state index in [-0.39, 0.29) is 12.6 Å². The number of para-hydroxylation sites is 1. The Bertz CT molecular complexity index is 1100. The molecular formula is C19H17N5O4S. The second-order valence-electron chi connectivity index (χ2n) is 6.26. The number of aromatic nitrogens is 4. The third-order valence-corrected chi connectivity index (χ3v) is 4.94. The normalized spacial score (nSPS) is 12.0. The average Bonchev–Trinajstić information content (AvgIpc) is 3.45. The second-order valence-corrected chi connectivity index (χ2v) is 7.20. The average molecular weight is 411 g/mol. The minimum Gasteiger partial charge on any atom is -0.459 e. The molecule has 1 atom stereocenters. The van der Waals surface area contributed by atoms with Crippen molar-refractivity contribution in [3.8, 4) is 10.7 Å². The van der Waals surface area contributed by atoms with Gasteiger partial charge in [0.25, 0.3) is 5.91 Å². The molecule has 0 fully saturated rings. The molecule has 0 aliphatic rings. The maximum absolute atomic E-state index is 12.1. The second kappa shape index (κ2) is 8.23. The van der Waals surface area contributed by atoms with E-state index in [0.717, 1.165) is 20.6 Å². The van der Waals surface area contributed by atoms with E-state index in [1.165, 1.54) is 11.3 Å². The van der Waals surface area contributed by atoms with Crippen LogP contribution in [0.4, 0.5) is 0 Å². The number of nitrogens with one attached hydrogen (secondary N) is 1. The highest BCUT2D eigenvalue weighted by atomic mass is 32.1. The van der Waals surface area contributed by atoms with Crippen molar-refractivity contribution >= 4 is 34.2 Å². The number of nitrogens with zero attached hydrogens (tertiary/aromatic N) is 4. The van der Waals surface area contributed by atoms with Crippen LogP contribution in [0.25, 0.3) is 21.7 Å². The summed E-state index contributed by atoms with van der Waals surface area (Å²) < 4.78 is 10.7. The van der Waals surface area contributed by atoms with Crippen LogP contribution in [-0.4, -0.2) is 38.7 Å². The van der Waals surface area contributed by atoms with E-state index < -0.39 is 18.5 Å². The van der Waals surface area contributed by atoms with Crippen molar-refractivity contribution in [2.75, 3.05) is 6.61 Å². The third-order valence-electron chi connectivity index (χ3n) is 4.08. The van der Waals surface area contributed by atoms with Crippen molar-refractivity contribution in [2.45, 2.75) is 19.5 Å². The van der Waals surface area contributed by atoms with Crippen LogP contribution in [0.1, 0.15) is 18.7 Å². The van der Waals surface area contributed by atoms with Crippen LogP contribution < -0.4 is 5.32 Å². The molecule has 0 aliphatic heterocycles. The molecule has 4 aromatic rings. The molecule has 0 aliphatic carbocycles. The lowest BCUT2D eigenvalue weighted by Gasteiger charge is -2.11. The van der Waals surface area contributed by atoms with Crippen LogP contribution >= 0.6 is 11.3 Å². The number of benzene rings is 1. The molecule has 10 heteroatoms. The molecule has 0 radical (unpaired) electrons. The van der Waals surface area contributed by atoms with Crippen molar-refractivity contribution in [3.63, 3.8) is 0 Å². The SMILES string of the molecule is C[C@@H](NC(=O)COC(=O)Cn1nnc(-c2cccs2)n1)c1cc2ccccc2o1. The van der Waals surface area contributed by atoms with Crippen molar-refractivity contribution in [1.29, 1.82) is 0 Å². The van der Waals surface area contributed by atoms with Crippen LogP contribution in [-0.2, 0) is 20.9 Å². The van der Waals surface area contributed by atoms with Crippen molar-refractivity contribution < 1.29 is 18.7 Å². The van der Waals surface area contributed by atoms with Gasteiger partial charge in [-0.25, -0.2) is 4.79 Å². The molecule has 0 spiro atoms.